The monoisotopic (exact) mass is 506 g/mol. The Labute approximate surface area is 219 Å². The molecule has 0 radical (unpaired) electrons. The van der Waals surface area contributed by atoms with E-state index in [1.807, 2.05) is 36.4 Å². The number of fused-ring (bicyclic) bond motifs is 3. The maximum Gasteiger partial charge on any atom is 0.157 e. The van der Waals surface area contributed by atoms with Gasteiger partial charge in [-0.3, -0.25) is 5.10 Å². The third-order valence-electron chi connectivity index (χ3n) is 7.34. The second-order valence-corrected chi connectivity index (χ2v) is 10.4. The molecule has 7 rings (SSSR count). The number of likely N-dealkylation sites (N-methyl/N-ethyl adjacent to an activating group) is 1. The molecule has 0 amide bonds. The summed E-state index contributed by atoms with van der Waals surface area (Å²) in [5, 5.41) is 8.90. The van der Waals surface area contributed by atoms with Gasteiger partial charge in [0.1, 0.15) is 17.0 Å². The van der Waals surface area contributed by atoms with Gasteiger partial charge < -0.3 is 24.5 Å². The molecule has 1 fully saturated rings. The van der Waals surface area contributed by atoms with E-state index in [1.54, 1.807) is 0 Å². The van der Waals surface area contributed by atoms with Crippen molar-refractivity contribution >= 4 is 38.7 Å². The predicted molar refractivity (Wildman–Crippen MR) is 151 cm³/mol. The first-order chi connectivity index (χ1) is 18.5. The van der Waals surface area contributed by atoms with E-state index < -0.39 is 0 Å². The fourth-order valence-corrected chi connectivity index (χ4v) is 5.48. The van der Waals surface area contributed by atoms with Crippen LogP contribution < -0.4 is 4.90 Å². The van der Waals surface area contributed by atoms with Crippen molar-refractivity contribution in [2.24, 2.45) is 0 Å². The van der Waals surface area contributed by atoms with Crippen molar-refractivity contribution in [3.8, 4) is 22.9 Å². The number of anilines is 1. The van der Waals surface area contributed by atoms with Crippen LogP contribution in [0.5, 0.6) is 0 Å². The molecule has 1 saturated heterocycles. The van der Waals surface area contributed by atoms with Crippen molar-refractivity contribution in [3.05, 3.63) is 60.7 Å². The lowest BCUT2D eigenvalue weighted by Crippen LogP contribution is -2.51. The second-order valence-electron chi connectivity index (χ2n) is 10.4. The molecule has 1 aliphatic rings. The van der Waals surface area contributed by atoms with Crippen molar-refractivity contribution < 1.29 is 4.74 Å². The number of para-hydroxylation sites is 3. The number of H-pyrrole nitrogens is 3. The summed E-state index contributed by atoms with van der Waals surface area (Å²) in [7, 11) is 4.17. The summed E-state index contributed by atoms with van der Waals surface area (Å²) in [6, 6.07) is 20.9. The lowest BCUT2D eigenvalue weighted by molar-refractivity contribution is 0.00880. The number of hydrogen-bond donors (Lipinski definition) is 3. The van der Waals surface area contributed by atoms with Gasteiger partial charge >= 0.3 is 0 Å². The number of morpholine rings is 1. The molecule has 2 unspecified atom stereocenters. The number of aromatic nitrogens is 6. The van der Waals surface area contributed by atoms with E-state index in [0.29, 0.717) is 6.04 Å². The summed E-state index contributed by atoms with van der Waals surface area (Å²) in [5.41, 5.74) is 7.71. The molecule has 0 spiro atoms. The minimum Gasteiger partial charge on any atom is -0.373 e. The minimum atomic E-state index is 0.187. The van der Waals surface area contributed by atoms with Gasteiger partial charge in [-0.05, 0) is 57.4 Å². The van der Waals surface area contributed by atoms with Crippen molar-refractivity contribution in [2.75, 3.05) is 38.7 Å². The molecular formula is C29H30N8O. The minimum absolute atomic E-state index is 0.187. The summed E-state index contributed by atoms with van der Waals surface area (Å²) >= 11 is 0. The Balaban J connectivity index is 1.24. The zero-order valence-corrected chi connectivity index (χ0v) is 21.7. The van der Waals surface area contributed by atoms with Gasteiger partial charge in [-0.25, -0.2) is 9.97 Å². The summed E-state index contributed by atoms with van der Waals surface area (Å²) in [6.45, 7) is 4.70. The second kappa shape index (κ2) is 8.97. The summed E-state index contributed by atoms with van der Waals surface area (Å²) < 4.78 is 6.07. The first kappa shape index (κ1) is 22.9. The van der Waals surface area contributed by atoms with Crippen LogP contribution in [-0.4, -0.2) is 81.0 Å². The van der Waals surface area contributed by atoms with E-state index in [-0.39, 0.29) is 6.10 Å². The van der Waals surface area contributed by atoms with Crippen LogP contribution in [0.1, 0.15) is 6.92 Å². The Kier molecular flexibility index (Phi) is 5.41. The van der Waals surface area contributed by atoms with Crippen LogP contribution in [0.4, 0.5) is 5.69 Å². The molecule has 9 heteroatoms. The molecule has 0 saturated carbocycles. The van der Waals surface area contributed by atoms with Crippen LogP contribution in [-0.2, 0) is 4.74 Å². The van der Waals surface area contributed by atoms with E-state index in [1.165, 1.54) is 5.69 Å². The number of benzene rings is 3. The van der Waals surface area contributed by atoms with Crippen molar-refractivity contribution in [1.29, 1.82) is 0 Å². The van der Waals surface area contributed by atoms with Crippen molar-refractivity contribution in [3.63, 3.8) is 0 Å². The third kappa shape index (κ3) is 3.91. The fourth-order valence-electron chi connectivity index (χ4n) is 5.48. The van der Waals surface area contributed by atoms with Gasteiger partial charge in [-0.1, -0.05) is 24.3 Å². The maximum absolute atomic E-state index is 6.07. The molecule has 4 heterocycles. The highest BCUT2D eigenvalue weighted by atomic mass is 16.5. The normalized spacial score (nSPS) is 18.4. The maximum atomic E-state index is 6.07. The topological polar surface area (TPSA) is 102 Å². The number of ether oxygens (including phenoxy) is 1. The average Bonchev–Trinajstić information content (AvgIpc) is 3.64. The Morgan fingerprint density at radius 2 is 1.76 bits per heavy atom. The number of nitrogens with one attached hydrogen (secondary N) is 3. The van der Waals surface area contributed by atoms with Crippen molar-refractivity contribution in [2.45, 2.75) is 19.1 Å². The number of imidazole rings is 2. The summed E-state index contributed by atoms with van der Waals surface area (Å²) in [6.07, 6.45) is 0.187. The Morgan fingerprint density at radius 3 is 2.63 bits per heavy atom. The van der Waals surface area contributed by atoms with Crippen LogP contribution in [0.25, 0.3) is 55.9 Å². The lowest BCUT2D eigenvalue weighted by atomic mass is 10.1. The van der Waals surface area contributed by atoms with Crippen molar-refractivity contribution in [1.82, 2.24) is 35.0 Å². The van der Waals surface area contributed by atoms with E-state index >= 15 is 0 Å². The highest BCUT2D eigenvalue weighted by Gasteiger charge is 2.27. The quantitative estimate of drug-likeness (QED) is 0.310. The Bertz CT molecular complexity index is 1730. The zero-order chi connectivity index (χ0) is 25.8. The largest absolute Gasteiger partial charge is 0.373 e. The van der Waals surface area contributed by atoms with E-state index in [4.69, 9.17) is 14.7 Å². The van der Waals surface area contributed by atoms with Gasteiger partial charge in [0.05, 0.1) is 34.8 Å². The molecule has 3 aromatic heterocycles. The van der Waals surface area contributed by atoms with Gasteiger partial charge in [0, 0.05) is 35.8 Å². The van der Waals surface area contributed by atoms with Crippen LogP contribution in [0.15, 0.2) is 60.7 Å². The van der Waals surface area contributed by atoms with Gasteiger partial charge in [-0.2, -0.15) is 5.10 Å². The van der Waals surface area contributed by atoms with Gasteiger partial charge in [0.2, 0.25) is 0 Å². The van der Waals surface area contributed by atoms with E-state index in [9.17, 15) is 0 Å². The fraction of sp³-hybridized carbons (Fsp3) is 0.276. The number of hydrogen-bond acceptors (Lipinski definition) is 6. The standard InChI is InChI=1S/C29H30N8O/c1-17-16-38-19(14-36(2)3)15-37(17)18-11-12-24-25(13-18)33-29(32-24)27-20-7-6-8-21(26(20)34-35-27)28-30-22-9-4-5-10-23(22)31-28/h4-13,17,19H,14-16H2,1-3H3,(H,30,31)(H,32,33)(H,34,35). The molecule has 192 valence electrons. The highest BCUT2D eigenvalue weighted by molar-refractivity contribution is 6.01. The zero-order valence-electron chi connectivity index (χ0n) is 21.7. The highest BCUT2D eigenvalue weighted by Crippen LogP contribution is 2.33. The molecule has 0 aliphatic carbocycles. The smallest absolute Gasteiger partial charge is 0.157 e. The van der Waals surface area contributed by atoms with E-state index in [2.05, 4.69) is 75.2 Å². The molecule has 38 heavy (non-hydrogen) atoms. The molecule has 9 nitrogen and oxygen atoms in total. The van der Waals surface area contributed by atoms with Crippen LogP contribution in [0.3, 0.4) is 0 Å². The van der Waals surface area contributed by atoms with Gasteiger partial charge in [0.15, 0.2) is 5.82 Å². The number of rotatable bonds is 5. The van der Waals surface area contributed by atoms with Gasteiger partial charge in [-0.15, -0.1) is 0 Å². The number of aromatic amines is 3. The predicted octanol–water partition coefficient (Wildman–Crippen LogP) is 4.80. The molecule has 3 aromatic carbocycles. The Morgan fingerprint density at radius 1 is 0.947 bits per heavy atom. The van der Waals surface area contributed by atoms with Gasteiger partial charge in [0.25, 0.3) is 0 Å². The molecule has 3 N–H and O–H groups in total. The average molecular weight is 507 g/mol. The molecule has 6 aromatic rings. The molecule has 1 aliphatic heterocycles. The number of nitrogens with zero attached hydrogens (tertiary/aromatic N) is 5. The van der Waals surface area contributed by atoms with Crippen LogP contribution >= 0.6 is 0 Å². The summed E-state index contributed by atoms with van der Waals surface area (Å²) in [5.74, 6) is 1.57. The first-order valence-electron chi connectivity index (χ1n) is 13.0. The van der Waals surface area contributed by atoms with Crippen LogP contribution in [0.2, 0.25) is 0 Å². The SMILES string of the molecule is CC1COC(CN(C)C)CN1c1ccc2nc(-c3[nH]nc4c(-c5nc6ccccc6[nH]5)cccc34)[nH]c2c1. The van der Waals surface area contributed by atoms with E-state index in [0.717, 1.165) is 75.6 Å². The molecule has 2 atom stereocenters. The summed E-state index contributed by atoms with van der Waals surface area (Å²) in [4.78, 5) is 21.3. The van der Waals surface area contributed by atoms with Crippen LogP contribution in [0, 0.1) is 0 Å². The molecular weight excluding hydrogens is 476 g/mol. The third-order valence-corrected chi connectivity index (χ3v) is 7.34. The first-order valence-corrected chi connectivity index (χ1v) is 13.0. The molecule has 0 bridgehead atoms. The lowest BCUT2D eigenvalue weighted by Gasteiger charge is -2.40. The Hall–Kier alpha value is -4.21.